The summed E-state index contributed by atoms with van der Waals surface area (Å²) in [5.41, 5.74) is 1.58. The van der Waals surface area contributed by atoms with Crippen LogP contribution in [0.15, 0.2) is 48.5 Å². The summed E-state index contributed by atoms with van der Waals surface area (Å²) < 4.78 is 10.7. The molecule has 7 heteroatoms. The summed E-state index contributed by atoms with van der Waals surface area (Å²) in [6.07, 6.45) is 3.75. The van der Waals surface area contributed by atoms with Crippen LogP contribution in [0, 0.1) is 0 Å². The molecule has 0 aliphatic carbocycles. The minimum absolute atomic E-state index is 0.0501. The van der Waals surface area contributed by atoms with Gasteiger partial charge in [0, 0.05) is 24.9 Å². The van der Waals surface area contributed by atoms with Crippen molar-refractivity contribution in [2.45, 2.75) is 19.4 Å². The van der Waals surface area contributed by atoms with E-state index in [1.165, 1.54) is 6.08 Å². The molecule has 1 fully saturated rings. The molecule has 0 radical (unpaired) electrons. The molecule has 0 spiro atoms. The van der Waals surface area contributed by atoms with Crippen LogP contribution in [-0.2, 0) is 9.59 Å². The third kappa shape index (κ3) is 3.80. The van der Waals surface area contributed by atoms with Gasteiger partial charge in [-0.25, -0.2) is 0 Å². The number of nitrogens with zero attached hydrogens (tertiary/aromatic N) is 2. The lowest BCUT2D eigenvalue weighted by molar-refractivity contribution is -0.134. The number of halogens is 1. The summed E-state index contributed by atoms with van der Waals surface area (Å²) in [5.74, 6) is 0.810. The van der Waals surface area contributed by atoms with Crippen LogP contribution in [0.25, 0.3) is 6.08 Å². The average molecular weight is 413 g/mol. The second-order valence-corrected chi connectivity index (χ2v) is 7.23. The number of hydrogen-bond donors (Lipinski definition) is 0. The molecule has 1 unspecified atom stereocenters. The zero-order valence-corrected chi connectivity index (χ0v) is 16.8. The van der Waals surface area contributed by atoms with Gasteiger partial charge in [0.05, 0.1) is 5.02 Å². The third-order valence-corrected chi connectivity index (χ3v) is 5.39. The van der Waals surface area contributed by atoms with Crippen molar-refractivity contribution in [3.05, 3.63) is 59.1 Å². The lowest BCUT2D eigenvalue weighted by atomic mass is 10.1. The van der Waals surface area contributed by atoms with Crippen LogP contribution < -0.4 is 14.4 Å². The number of benzene rings is 2. The Morgan fingerprint density at radius 1 is 1.28 bits per heavy atom. The number of hydrogen-bond acceptors (Lipinski definition) is 4. The van der Waals surface area contributed by atoms with Crippen LogP contribution in [0.3, 0.4) is 0 Å². The van der Waals surface area contributed by atoms with Crippen molar-refractivity contribution in [2.24, 2.45) is 0 Å². The second-order valence-electron chi connectivity index (χ2n) is 6.82. The highest BCUT2D eigenvalue weighted by Gasteiger charge is 2.37. The minimum Gasteiger partial charge on any atom is -0.454 e. The number of likely N-dealkylation sites (N-methyl/N-ethyl adjacent to an activating group) is 1. The molecule has 0 aromatic heterocycles. The van der Waals surface area contributed by atoms with Crippen molar-refractivity contribution in [2.75, 3.05) is 24.8 Å². The fraction of sp³-hybridized carbons (Fsp3) is 0.273. The Kier molecular flexibility index (Phi) is 5.45. The number of rotatable bonds is 5. The van der Waals surface area contributed by atoms with Crippen LogP contribution in [0.4, 0.5) is 5.69 Å². The van der Waals surface area contributed by atoms with E-state index >= 15 is 0 Å². The van der Waals surface area contributed by atoms with Gasteiger partial charge in [0.1, 0.15) is 6.04 Å². The van der Waals surface area contributed by atoms with Crippen LogP contribution in [-0.4, -0.2) is 42.6 Å². The summed E-state index contributed by atoms with van der Waals surface area (Å²) in [5, 5.41) is 0.434. The molecule has 6 nitrogen and oxygen atoms in total. The number of para-hydroxylation sites is 1. The van der Waals surface area contributed by atoms with E-state index in [4.69, 9.17) is 21.1 Å². The van der Waals surface area contributed by atoms with E-state index in [0.29, 0.717) is 36.0 Å². The lowest BCUT2D eigenvalue weighted by Crippen LogP contribution is -2.44. The van der Waals surface area contributed by atoms with E-state index in [1.807, 2.05) is 37.3 Å². The van der Waals surface area contributed by atoms with Crippen molar-refractivity contribution in [3.8, 4) is 11.5 Å². The molecular weight excluding hydrogens is 392 g/mol. The van der Waals surface area contributed by atoms with Crippen LogP contribution in [0.5, 0.6) is 11.5 Å². The monoisotopic (exact) mass is 412 g/mol. The van der Waals surface area contributed by atoms with Gasteiger partial charge >= 0.3 is 0 Å². The quantitative estimate of drug-likeness (QED) is 0.702. The number of fused-ring (bicyclic) bond motifs is 1. The Morgan fingerprint density at radius 3 is 2.83 bits per heavy atom. The molecule has 0 saturated carbocycles. The highest BCUT2D eigenvalue weighted by molar-refractivity contribution is 6.32. The molecule has 2 aliphatic rings. The van der Waals surface area contributed by atoms with Crippen molar-refractivity contribution < 1.29 is 19.1 Å². The Hall–Kier alpha value is -2.99. The predicted octanol–water partition coefficient (Wildman–Crippen LogP) is 3.74. The van der Waals surface area contributed by atoms with Crippen molar-refractivity contribution in [1.29, 1.82) is 0 Å². The SMILES string of the molecule is CCN(C(=O)/C=C/c1cc(Cl)c2c(c1)OCO2)C1CCN(c2ccccc2)C1=O. The highest BCUT2D eigenvalue weighted by atomic mass is 35.5. The Morgan fingerprint density at radius 2 is 2.07 bits per heavy atom. The Labute approximate surface area is 174 Å². The van der Waals surface area contributed by atoms with E-state index in [0.717, 1.165) is 11.3 Å². The summed E-state index contributed by atoms with van der Waals surface area (Å²) in [6.45, 7) is 3.05. The van der Waals surface area contributed by atoms with E-state index in [2.05, 4.69) is 0 Å². The molecule has 2 heterocycles. The molecule has 29 heavy (non-hydrogen) atoms. The summed E-state index contributed by atoms with van der Waals surface area (Å²) in [7, 11) is 0. The summed E-state index contributed by atoms with van der Waals surface area (Å²) in [6, 6.07) is 12.5. The number of amides is 2. The average Bonchev–Trinajstić information content (AvgIpc) is 3.35. The van der Waals surface area contributed by atoms with E-state index in [1.54, 1.807) is 28.0 Å². The first-order valence-electron chi connectivity index (χ1n) is 9.52. The first kappa shape index (κ1) is 19.3. The minimum atomic E-state index is -0.460. The van der Waals surface area contributed by atoms with Gasteiger partial charge in [-0.3, -0.25) is 9.59 Å². The molecule has 0 bridgehead atoms. The molecule has 1 atom stereocenters. The third-order valence-electron chi connectivity index (χ3n) is 5.11. The lowest BCUT2D eigenvalue weighted by Gasteiger charge is -2.26. The molecule has 2 aliphatic heterocycles. The Balaban J connectivity index is 1.48. The van der Waals surface area contributed by atoms with Gasteiger partial charge in [-0.15, -0.1) is 0 Å². The molecule has 2 aromatic rings. The van der Waals surface area contributed by atoms with Crippen LogP contribution >= 0.6 is 11.6 Å². The first-order valence-corrected chi connectivity index (χ1v) is 9.90. The normalized spacial score (nSPS) is 17.9. The largest absolute Gasteiger partial charge is 0.454 e. The zero-order chi connectivity index (χ0) is 20.4. The Bertz CT molecular complexity index is 961. The fourth-order valence-electron chi connectivity index (χ4n) is 3.69. The van der Waals surface area contributed by atoms with Gasteiger partial charge in [0.25, 0.3) is 0 Å². The number of ether oxygens (including phenoxy) is 2. The van der Waals surface area contributed by atoms with Crippen molar-refractivity contribution in [3.63, 3.8) is 0 Å². The van der Waals surface area contributed by atoms with Gasteiger partial charge in [-0.1, -0.05) is 29.8 Å². The van der Waals surface area contributed by atoms with Gasteiger partial charge in [0.2, 0.25) is 18.6 Å². The standard InChI is InChI=1S/C22H21ClN2O4/c1-2-24(18-10-11-25(22(18)27)16-6-4-3-5-7-16)20(26)9-8-15-12-17(23)21-19(13-15)28-14-29-21/h3-9,12-13,18H,2,10-11,14H2,1H3/b9-8+. The fourth-order valence-corrected chi connectivity index (χ4v) is 3.97. The highest BCUT2D eigenvalue weighted by Crippen LogP contribution is 2.40. The van der Waals surface area contributed by atoms with Gasteiger partial charge < -0.3 is 19.3 Å². The molecule has 2 aromatic carbocycles. The zero-order valence-electron chi connectivity index (χ0n) is 16.0. The first-order chi connectivity index (χ1) is 14.1. The summed E-state index contributed by atoms with van der Waals surface area (Å²) >= 11 is 6.19. The number of carbonyl (C=O) groups is 2. The van der Waals surface area contributed by atoms with Gasteiger partial charge in [0.15, 0.2) is 11.5 Å². The maximum absolute atomic E-state index is 12.9. The van der Waals surface area contributed by atoms with Crippen molar-refractivity contribution >= 4 is 35.2 Å². The van der Waals surface area contributed by atoms with Gasteiger partial charge in [-0.2, -0.15) is 0 Å². The molecule has 2 amide bonds. The topological polar surface area (TPSA) is 59.1 Å². The van der Waals surface area contributed by atoms with E-state index < -0.39 is 6.04 Å². The second kappa shape index (κ2) is 8.17. The van der Waals surface area contributed by atoms with Gasteiger partial charge in [-0.05, 0) is 49.2 Å². The van der Waals surface area contributed by atoms with E-state index in [-0.39, 0.29) is 18.6 Å². The molecule has 1 saturated heterocycles. The maximum Gasteiger partial charge on any atom is 0.249 e. The van der Waals surface area contributed by atoms with Crippen LogP contribution in [0.1, 0.15) is 18.9 Å². The maximum atomic E-state index is 12.9. The summed E-state index contributed by atoms with van der Waals surface area (Å²) in [4.78, 5) is 29.1. The molecular formula is C22H21ClN2O4. The van der Waals surface area contributed by atoms with E-state index in [9.17, 15) is 9.59 Å². The molecule has 0 N–H and O–H groups in total. The number of anilines is 1. The smallest absolute Gasteiger partial charge is 0.249 e. The van der Waals surface area contributed by atoms with Crippen LogP contribution in [0.2, 0.25) is 5.02 Å². The predicted molar refractivity (Wildman–Crippen MR) is 111 cm³/mol. The van der Waals surface area contributed by atoms with Crippen molar-refractivity contribution in [1.82, 2.24) is 4.90 Å². The number of carbonyl (C=O) groups excluding carboxylic acids is 2. The molecule has 4 rings (SSSR count). The molecule has 150 valence electrons.